The van der Waals surface area contributed by atoms with E-state index in [-0.39, 0.29) is 12.6 Å². The Morgan fingerprint density at radius 2 is 2.00 bits per heavy atom. The maximum absolute atomic E-state index is 12.1. The number of ether oxygens (including phenoxy) is 1. The third-order valence-corrected chi connectivity index (χ3v) is 4.32. The van der Waals surface area contributed by atoms with E-state index in [1.165, 1.54) is 4.90 Å². The van der Waals surface area contributed by atoms with Gasteiger partial charge >= 0.3 is 0 Å². The minimum absolute atomic E-state index is 0.0385. The van der Waals surface area contributed by atoms with E-state index in [1.54, 1.807) is 18.9 Å². The Bertz CT molecular complexity index is 518. The lowest BCUT2D eigenvalue weighted by Gasteiger charge is -2.39. The predicted octanol–water partition coefficient (Wildman–Crippen LogP) is 1.84. The number of carbonyl (C=O) groups excluding carboxylic acids is 1. The fourth-order valence-corrected chi connectivity index (χ4v) is 2.30. The average molecular weight is 341 g/mol. The van der Waals surface area contributed by atoms with Gasteiger partial charge in [-0.25, -0.2) is 0 Å². The van der Waals surface area contributed by atoms with Crippen molar-refractivity contribution in [2.75, 3.05) is 13.8 Å². The van der Waals surface area contributed by atoms with Crippen LogP contribution in [0.4, 0.5) is 0 Å². The SMILES string of the molecule is CC1=C(Br)N(C)C(O)N(COCc2ccccc2)C1=O. The van der Waals surface area contributed by atoms with Gasteiger partial charge in [0.15, 0.2) is 0 Å². The highest BCUT2D eigenvalue weighted by atomic mass is 79.9. The fraction of sp³-hybridized carbons (Fsp3) is 0.357. The number of aliphatic hydroxyl groups is 1. The molecule has 2 rings (SSSR count). The first-order valence-corrected chi connectivity index (χ1v) is 7.01. The number of halogens is 1. The van der Waals surface area contributed by atoms with Crippen molar-refractivity contribution in [2.24, 2.45) is 0 Å². The molecule has 0 aromatic heterocycles. The van der Waals surface area contributed by atoms with Crippen molar-refractivity contribution in [1.82, 2.24) is 9.80 Å². The molecule has 0 saturated carbocycles. The molecule has 1 amide bonds. The summed E-state index contributed by atoms with van der Waals surface area (Å²) < 4.78 is 6.10. The van der Waals surface area contributed by atoms with Crippen molar-refractivity contribution in [3.63, 3.8) is 0 Å². The standard InChI is InChI=1S/C14H17BrN2O3/c1-10-12(15)16(2)14(19)17(13(10)18)9-20-8-11-6-4-3-5-7-11/h3-7,14,19H,8-9H2,1-2H3. The van der Waals surface area contributed by atoms with E-state index in [1.807, 2.05) is 30.3 Å². The van der Waals surface area contributed by atoms with Gasteiger partial charge in [0.1, 0.15) is 6.73 Å². The fourth-order valence-electron chi connectivity index (χ4n) is 1.94. The van der Waals surface area contributed by atoms with Gasteiger partial charge in [-0.3, -0.25) is 9.69 Å². The molecule has 108 valence electrons. The van der Waals surface area contributed by atoms with E-state index in [2.05, 4.69) is 15.9 Å². The van der Waals surface area contributed by atoms with Crippen LogP contribution in [0.1, 0.15) is 12.5 Å². The van der Waals surface area contributed by atoms with Crippen LogP contribution in [0.2, 0.25) is 0 Å². The molecule has 1 aromatic carbocycles. The normalized spacial score (nSPS) is 19.8. The van der Waals surface area contributed by atoms with Crippen molar-refractivity contribution in [3.8, 4) is 0 Å². The Hall–Kier alpha value is -1.37. The highest BCUT2D eigenvalue weighted by Crippen LogP contribution is 2.26. The molecule has 20 heavy (non-hydrogen) atoms. The second-order valence-electron chi connectivity index (χ2n) is 4.61. The molecule has 0 bridgehead atoms. The Kier molecular flexibility index (Phi) is 4.80. The summed E-state index contributed by atoms with van der Waals surface area (Å²) in [5, 5.41) is 10.1. The highest BCUT2D eigenvalue weighted by molar-refractivity contribution is 9.11. The lowest BCUT2D eigenvalue weighted by Crippen LogP contribution is -2.53. The number of amides is 1. The molecule has 6 heteroatoms. The molecular weight excluding hydrogens is 324 g/mol. The molecule has 1 aliphatic rings. The van der Waals surface area contributed by atoms with E-state index in [0.29, 0.717) is 16.8 Å². The van der Waals surface area contributed by atoms with Gasteiger partial charge in [0, 0.05) is 12.6 Å². The van der Waals surface area contributed by atoms with Crippen molar-refractivity contribution < 1.29 is 14.6 Å². The molecule has 1 heterocycles. The van der Waals surface area contributed by atoms with E-state index < -0.39 is 6.35 Å². The second kappa shape index (κ2) is 6.39. The molecule has 0 spiro atoms. The summed E-state index contributed by atoms with van der Waals surface area (Å²) in [6, 6.07) is 9.68. The summed E-state index contributed by atoms with van der Waals surface area (Å²) >= 11 is 3.29. The molecule has 1 N–H and O–H groups in total. The van der Waals surface area contributed by atoms with Gasteiger partial charge in [0.05, 0.1) is 11.2 Å². The lowest BCUT2D eigenvalue weighted by molar-refractivity contribution is -0.168. The first kappa shape index (κ1) is 15.0. The van der Waals surface area contributed by atoms with Crippen LogP contribution in [0.15, 0.2) is 40.5 Å². The molecule has 0 fully saturated rings. The molecule has 1 atom stereocenters. The third kappa shape index (κ3) is 3.03. The number of rotatable bonds is 4. The minimum atomic E-state index is -1.03. The monoisotopic (exact) mass is 340 g/mol. The molecule has 5 nitrogen and oxygen atoms in total. The zero-order chi connectivity index (χ0) is 14.7. The quantitative estimate of drug-likeness (QED) is 0.849. The lowest BCUT2D eigenvalue weighted by atomic mass is 10.2. The van der Waals surface area contributed by atoms with Gasteiger partial charge in [-0.1, -0.05) is 30.3 Å². The third-order valence-electron chi connectivity index (χ3n) is 3.17. The van der Waals surface area contributed by atoms with Crippen LogP contribution in [0.25, 0.3) is 0 Å². The van der Waals surface area contributed by atoms with Crippen LogP contribution in [0.5, 0.6) is 0 Å². The highest BCUT2D eigenvalue weighted by Gasteiger charge is 2.33. The minimum Gasteiger partial charge on any atom is -0.356 e. The van der Waals surface area contributed by atoms with Crippen LogP contribution in [-0.4, -0.2) is 40.9 Å². The number of aliphatic hydroxyl groups excluding tert-OH is 1. The largest absolute Gasteiger partial charge is 0.356 e. The van der Waals surface area contributed by atoms with Crippen LogP contribution < -0.4 is 0 Å². The predicted molar refractivity (Wildman–Crippen MR) is 78.3 cm³/mol. The number of nitrogens with zero attached hydrogens (tertiary/aromatic N) is 2. The van der Waals surface area contributed by atoms with Crippen LogP contribution in [0, 0.1) is 0 Å². The van der Waals surface area contributed by atoms with Crippen LogP contribution in [0.3, 0.4) is 0 Å². The molecule has 1 aromatic rings. The maximum atomic E-state index is 12.1. The van der Waals surface area contributed by atoms with E-state index >= 15 is 0 Å². The van der Waals surface area contributed by atoms with Gasteiger partial charge in [0.2, 0.25) is 6.35 Å². The Morgan fingerprint density at radius 3 is 2.65 bits per heavy atom. The average Bonchev–Trinajstić information content (AvgIpc) is 2.48. The number of benzene rings is 1. The van der Waals surface area contributed by atoms with Crippen molar-refractivity contribution in [2.45, 2.75) is 19.9 Å². The first-order chi connectivity index (χ1) is 9.52. The molecule has 1 aliphatic heterocycles. The molecule has 0 aliphatic carbocycles. The second-order valence-corrected chi connectivity index (χ2v) is 5.36. The number of hydrogen-bond donors (Lipinski definition) is 1. The summed E-state index contributed by atoms with van der Waals surface area (Å²) in [6.45, 7) is 2.14. The number of carbonyl (C=O) groups is 1. The van der Waals surface area contributed by atoms with Gasteiger partial charge in [-0.05, 0) is 28.4 Å². The van der Waals surface area contributed by atoms with E-state index in [0.717, 1.165) is 5.56 Å². The summed E-state index contributed by atoms with van der Waals surface area (Å²) in [5.74, 6) is -0.240. The Balaban J connectivity index is 1.97. The Labute approximate surface area is 126 Å². The molecule has 0 saturated heterocycles. The molecular formula is C14H17BrN2O3. The first-order valence-electron chi connectivity index (χ1n) is 6.22. The Morgan fingerprint density at radius 1 is 1.35 bits per heavy atom. The van der Waals surface area contributed by atoms with Crippen LogP contribution in [-0.2, 0) is 16.1 Å². The van der Waals surface area contributed by atoms with E-state index in [9.17, 15) is 9.90 Å². The molecule has 0 radical (unpaired) electrons. The summed E-state index contributed by atoms with van der Waals surface area (Å²) in [5.41, 5.74) is 1.56. The zero-order valence-electron chi connectivity index (χ0n) is 11.4. The van der Waals surface area contributed by atoms with Gasteiger partial charge in [-0.15, -0.1) is 0 Å². The van der Waals surface area contributed by atoms with Crippen molar-refractivity contribution in [1.29, 1.82) is 0 Å². The zero-order valence-corrected chi connectivity index (χ0v) is 13.0. The smallest absolute Gasteiger partial charge is 0.257 e. The van der Waals surface area contributed by atoms with E-state index in [4.69, 9.17) is 4.74 Å². The summed E-state index contributed by atoms with van der Waals surface area (Å²) in [4.78, 5) is 15.0. The van der Waals surface area contributed by atoms with Gasteiger partial charge in [0.25, 0.3) is 5.91 Å². The van der Waals surface area contributed by atoms with Crippen molar-refractivity contribution >= 4 is 21.8 Å². The van der Waals surface area contributed by atoms with Gasteiger partial charge < -0.3 is 14.7 Å². The van der Waals surface area contributed by atoms with Crippen LogP contribution >= 0.6 is 15.9 Å². The summed E-state index contributed by atoms with van der Waals surface area (Å²) in [6.07, 6.45) is -1.03. The maximum Gasteiger partial charge on any atom is 0.257 e. The topological polar surface area (TPSA) is 53.0 Å². The summed E-state index contributed by atoms with van der Waals surface area (Å²) in [7, 11) is 1.70. The number of hydrogen-bond acceptors (Lipinski definition) is 4. The van der Waals surface area contributed by atoms with Gasteiger partial charge in [-0.2, -0.15) is 0 Å². The van der Waals surface area contributed by atoms with Crippen molar-refractivity contribution in [3.05, 3.63) is 46.1 Å². The molecule has 1 unspecified atom stereocenters.